The second kappa shape index (κ2) is 4.50. The van der Waals surface area contributed by atoms with Crippen LogP contribution in [0.4, 0.5) is 0 Å². The van der Waals surface area contributed by atoms with Crippen LogP contribution in [-0.4, -0.2) is 26.2 Å². The van der Waals surface area contributed by atoms with Crippen molar-refractivity contribution in [1.29, 1.82) is 0 Å². The summed E-state index contributed by atoms with van der Waals surface area (Å²) in [7, 11) is 0. The molecule has 0 fully saturated rings. The molecule has 15 heavy (non-hydrogen) atoms. The Bertz CT molecular complexity index is 406. The van der Waals surface area contributed by atoms with E-state index in [-0.39, 0.29) is 0 Å². The Morgan fingerprint density at radius 2 is 2.40 bits per heavy atom. The first-order chi connectivity index (χ1) is 7.25. The zero-order valence-corrected chi connectivity index (χ0v) is 9.51. The van der Waals surface area contributed by atoms with Gasteiger partial charge in [-0.05, 0) is 0 Å². The summed E-state index contributed by atoms with van der Waals surface area (Å²) >= 11 is 1.57. The second-order valence-electron chi connectivity index (χ2n) is 3.51. The highest BCUT2D eigenvalue weighted by molar-refractivity contribution is 7.13. The Hall–Kier alpha value is -1.27. The van der Waals surface area contributed by atoms with Gasteiger partial charge in [0.1, 0.15) is 6.33 Å². The summed E-state index contributed by atoms with van der Waals surface area (Å²) in [6.45, 7) is 5.02. The molecule has 0 amide bonds. The van der Waals surface area contributed by atoms with Crippen LogP contribution in [0.3, 0.4) is 0 Å². The zero-order valence-electron chi connectivity index (χ0n) is 8.69. The SMILES string of the molecule is CC(C)NCc1csc(-c2ncn[nH]2)n1. The fraction of sp³-hybridized carbons (Fsp3) is 0.444. The maximum atomic E-state index is 4.45. The molecule has 2 aromatic heterocycles. The van der Waals surface area contributed by atoms with Gasteiger partial charge in [-0.15, -0.1) is 11.3 Å². The first-order valence-electron chi connectivity index (χ1n) is 4.79. The molecule has 0 aliphatic rings. The Morgan fingerprint density at radius 3 is 3.07 bits per heavy atom. The smallest absolute Gasteiger partial charge is 0.184 e. The molecule has 0 saturated carbocycles. The number of nitrogens with one attached hydrogen (secondary N) is 2. The van der Waals surface area contributed by atoms with Crippen LogP contribution in [0.1, 0.15) is 19.5 Å². The minimum Gasteiger partial charge on any atom is -0.309 e. The van der Waals surface area contributed by atoms with Crippen LogP contribution in [0.2, 0.25) is 0 Å². The molecular formula is C9H13N5S. The molecule has 0 bridgehead atoms. The fourth-order valence-corrected chi connectivity index (χ4v) is 1.88. The van der Waals surface area contributed by atoms with Crippen molar-refractivity contribution in [3.05, 3.63) is 17.4 Å². The zero-order chi connectivity index (χ0) is 10.7. The van der Waals surface area contributed by atoms with E-state index in [4.69, 9.17) is 0 Å². The Labute approximate surface area is 92.0 Å². The lowest BCUT2D eigenvalue weighted by Crippen LogP contribution is -2.21. The van der Waals surface area contributed by atoms with Gasteiger partial charge in [-0.25, -0.2) is 9.97 Å². The van der Waals surface area contributed by atoms with Crippen molar-refractivity contribution in [1.82, 2.24) is 25.5 Å². The third-order valence-electron chi connectivity index (χ3n) is 1.86. The lowest BCUT2D eigenvalue weighted by molar-refractivity contribution is 0.583. The van der Waals surface area contributed by atoms with Crippen molar-refractivity contribution in [2.24, 2.45) is 0 Å². The summed E-state index contributed by atoms with van der Waals surface area (Å²) < 4.78 is 0. The van der Waals surface area contributed by atoms with Crippen LogP contribution in [0.15, 0.2) is 11.7 Å². The molecule has 0 radical (unpaired) electrons. The normalized spacial score (nSPS) is 11.1. The average Bonchev–Trinajstić information content (AvgIpc) is 2.85. The third-order valence-corrected chi connectivity index (χ3v) is 2.76. The van der Waals surface area contributed by atoms with Crippen molar-refractivity contribution < 1.29 is 0 Å². The lowest BCUT2D eigenvalue weighted by Gasteiger charge is -2.04. The number of aromatic amines is 1. The largest absolute Gasteiger partial charge is 0.309 e. The molecule has 0 aliphatic carbocycles. The molecule has 0 atom stereocenters. The summed E-state index contributed by atoms with van der Waals surface area (Å²) in [5.74, 6) is 0.732. The molecule has 0 spiro atoms. The van der Waals surface area contributed by atoms with Gasteiger partial charge in [-0.3, -0.25) is 5.10 Å². The Kier molecular flexibility index (Phi) is 3.08. The molecule has 2 aromatic rings. The molecular weight excluding hydrogens is 210 g/mol. The van der Waals surface area contributed by atoms with E-state index in [1.54, 1.807) is 11.3 Å². The molecule has 0 saturated heterocycles. The van der Waals surface area contributed by atoms with Gasteiger partial charge in [0.2, 0.25) is 0 Å². The van der Waals surface area contributed by atoms with Crippen LogP contribution in [0.5, 0.6) is 0 Å². The lowest BCUT2D eigenvalue weighted by atomic mass is 10.4. The highest BCUT2D eigenvalue weighted by Gasteiger charge is 2.06. The molecule has 2 N–H and O–H groups in total. The van der Waals surface area contributed by atoms with E-state index >= 15 is 0 Å². The summed E-state index contributed by atoms with van der Waals surface area (Å²) in [5, 5.41) is 12.8. The monoisotopic (exact) mass is 223 g/mol. The molecule has 80 valence electrons. The maximum absolute atomic E-state index is 4.45. The minimum absolute atomic E-state index is 0.473. The number of hydrogen-bond acceptors (Lipinski definition) is 5. The summed E-state index contributed by atoms with van der Waals surface area (Å²) in [4.78, 5) is 8.50. The minimum atomic E-state index is 0.473. The van der Waals surface area contributed by atoms with Crippen molar-refractivity contribution >= 4 is 11.3 Å². The van der Waals surface area contributed by atoms with E-state index < -0.39 is 0 Å². The van der Waals surface area contributed by atoms with Gasteiger partial charge in [-0.2, -0.15) is 5.10 Å². The van der Waals surface area contributed by atoms with E-state index in [1.165, 1.54) is 6.33 Å². The van der Waals surface area contributed by atoms with Crippen molar-refractivity contribution in [3.8, 4) is 10.8 Å². The van der Waals surface area contributed by atoms with Gasteiger partial charge in [0.15, 0.2) is 10.8 Å². The van der Waals surface area contributed by atoms with Crippen molar-refractivity contribution in [2.75, 3.05) is 0 Å². The topological polar surface area (TPSA) is 66.5 Å². The van der Waals surface area contributed by atoms with Crippen molar-refractivity contribution in [3.63, 3.8) is 0 Å². The molecule has 5 nitrogen and oxygen atoms in total. The molecule has 0 unspecified atom stereocenters. The van der Waals surface area contributed by atoms with Gasteiger partial charge in [0, 0.05) is 18.0 Å². The van der Waals surface area contributed by atoms with Gasteiger partial charge >= 0.3 is 0 Å². The predicted molar refractivity (Wildman–Crippen MR) is 59.5 cm³/mol. The number of nitrogens with zero attached hydrogens (tertiary/aromatic N) is 3. The van der Waals surface area contributed by atoms with E-state index in [2.05, 4.69) is 39.3 Å². The van der Waals surface area contributed by atoms with E-state index in [9.17, 15) is 0 Å². The van der Waals surface area contributed by atoms with Gasteiger partial charge < -0.3 is 5.32 Å². The number of H-pyrrole nitrogens is 1. The summed E-state index contributed by atoms with van der Waals surface area (Å²) in [6.07, 6.45) is 1.49. The predicted octanol–water partition coefficient (Wildman–Crippen LogP) is 1.43. The van der Waals surface area contributed by atoms with E-state index in [0.29, 0.717) is 6.04 Å². The number of rotatable bonds is 4. The Morgan fingerprint density at radius 1 is 1.53 bits per heavy atom. The van der Waals surface area contributed by atoms with Crippen LogP contribution in [0.25, 0.3) is 10.8 Å². The van der Waals surface area contributed by atoms with Crippen LogP contribution < -0.4 is 5.32 Å². The maximum Gasteiger partial charge on any atom is 0.184 e. The average molecular weight is 223 g/mol. The van der Waals surface area contributed by atoms with E-state index in [1.807, 2.05) is 5.38 Å². The van der Waals surface area contributed by atoms with Crippen LogP contribution in [0, 0.1) is 0 Å². The number of thiazole rings is 1. The van der Waals surface area contributed by atoms with Crippen LogP contribution >= 0.6 is 11.3 Å². The van der Waals surface area contributed by atoms with Crippen LogP contribution in [-0.2, 0) is 6.54 Å². The summed E-state index contributed by atoms with van der Waals surface area (Å²) in [6, 6.07) is 0.473. The molecule has 0 aliphatic heterocycles. The first-order valence-corrected chi connectivity index (χ1v) is 5.67. The van der Waals surface area contributed by atoms with Gasteiger partial charge in [0.25, 0.3) is 0 Å². The Balaban J connectivity index is 2.04. The highest BCUT2D eigenvalue weighted by atomic mass is 32.1. The van der Waals surface area contributed by atoms with Crippen molar-refractivity contribution in [2.45, 2.75) is 26.4 Å². The fourth-order valence-electron chi connectivity index (χ4n) is 1.11. The molecule has 2 rings (SSSR count). The van der Waals surface area contributed by atoms with Gasteiger partial charge in [0.05, 0.1) is 5.69 Å². The summed E-state index contributed by atoms with van der Waals surface area (Å²) in [5.41, 5.74) is 1.04. The first kappa shape index (κ1) is 10.3. The number of hydrogen-bond donors (Lipinski definition) is 2. The highest BCUT2D eigenvalue weighted by Crippen LogP contribution is 2.19. The molecule has 2 heterocycles. The quantitative estimate of drug-likeness (QED) is 0.822. The second-order valence-corrected chi connectivity index (χ2v) is 4.37. The van der Waals surface area contributed by atoms with Gasteiger partial charge in [-0.1, -0.05) is 13.8 Å². The standard InChI is InChI=1S/C9H13N5S/c1-6(2)10-3-7-4-15-9(13-7)8-11-5-12-14-8/h4-6,10H,3H2,1-2H3,(H,11,12,14). The molecule has 6 heteroatoms. The number of aromatic nitrogens is 4. The molecule has 0 aromatic carbocycles. The third kappa shape index (κ3) is 2.60. The van der Waals surface area contributed by atoms with E-state index in [0.717, 1.165) is 23.1 Å².